The minimum Gasteiger partial charge on any atom is -0.374 e. The topological polar surface area (TPSA) is 72.6 Å². The van der Waals surface area contributed by atoms with Crippen LogP contribution >= 0.6 is 0 Å². The Balaban J connectivity index is 2.34. The molecule has 0 amide bonds. The third-order valence-corrected chi connectivity index (χ3v) is 3.89. The Bertz CT molecular complexity index is 305. The van der Waals surface area contributed by atoms with E-state index in [2.05, 4.69) is 11.8 Å². The van der Waals surface area contributed by atoms with Crippen molar-refractivity contribution in [2.45, 2.75) is 25.5 Å². The molecule has 2 unspecified atom stereocenters. The molecule has 0 aromatic carbocycles. The van der Waals surface area contributed by atoms with Crippen molar-refractivity contribution < 1.29 is 13.2 Å². The average molecular weight is 250 g/mol. The van der Waals surface area contributed by atoms with Gasteiger partial charge < -0.3 is 10.5 Å². The van der Waals surface area contributed by atoms with E-state index >= 15 is 0 Å². The molecule has 2 N–H and O–H groups in total. The lowest BCUT2D eigenvalue weighted by Gasteiger charge is -2.37. The highest BCUT2D eigenvalue weighted by atomic mass is 32.2. The lowest BCUT2D eigenvalue weighted by atomic mass is 10.2. The average Bonchev–Trinajstić information content (AvgIpc) is 2.19. The number of ether oxygens (including phenoxy) is 1. The predicted octanol–water partition coefficient (Wildman–Crippen LogP) is -0.531. The summed E-state index contributed by atoms with van der Waals surface area (Å²) < 4.78 is 27.6. The van der Waals surface area contributed by atoms with Gasteiger partial charge in [0.1, 0.15) is 9.84 Å². The lowest BCUT2D eigenvalue weighted by molar-refractivity contribution is -0.0531. The van der Waals surface area contributed by atoms with Gasteiger partial charge in [-0.2, -0.15) is 0 Å². The van der Waals surface area contributed by atoms with Crippen molar-refractivity contribution in [3.8, 4) is 0 Å². The van der Waals surface area contributed by atoms with E-state index in [0.717, 1.165) is 13.1 Å². The summed E-state index contributed by atoms with van der Waals surface area (Å²) >= 11 is 0. The van der Waals surface area contributed by atoms with E-state index in [1.807, 2.05) is 0 Å². The van der Waals surface area contributed by atoms with E-state index in [1.54, 1.807) is 0 Å². The van der Waals surface area contributed by atoms with Crippen LogP contribution in [0.5, 0.6) is 0 Å². The standard InChI is InChI=1S/C10H22N2O3S/c1-9-8-15-10(6-11)7-12(9)4-3-5-16(2,13)14/h9-10H,3-8,11H2,1-2H3. The maximum atomic E-state index is 11.0. The number of hydrogen-bond acceptors (Lipinski definition) is 5. The molecule has 0 spiro atoms. The van der Waals surface area contributed by atoms with Crippen LogP contribution in [0.3, 0.4) is 0 Å². The minimum absolute atomic E-state index is 0.0921. The molecule has 0 saturated carbocycles. The van der Waals surface area contributed by atoms with Crippen molar-refractivity contribution in [1.82, 2.24) is 4.90 Å². The SMILES string of the molecule is CC1COC(CN)CN1CCCS(C)(=O)=O. The maximum Gasteiger partial charge on any atom is 0.147 e. The summed E-state index contributed by atoms with van der Waals surface area (Å²) in [6.07, 6.45) is 2.05. The van der Waals surface area contributed by atoms with Crippen molar-refractivity contribution in [1.29, 1.82) is 0 Å². The van der Waals surface area contributed by atoms with E-state index in [1.165, 1.54) is 6.26 Å². The molecule has 96 valence electrons. The predicted molar refractivity (Wildman–Crippen MR) is 64.2 cm³/mol. The summed E-state index contributed by atoms with van der Waals surface area (Å²) in [4.78, 5) is 2.26. The largest absolute Gasteiger partial charge is 0.374 e. The van der Waals surface area contributed by atoms with Crippen LogP contribution in [-0.2, 0) is 14.6 Å². The Morgan fingerprint density at radius 3 is 2.75 bits per heavy atom. The summed E-state index contributed by atoms with van der Waals surface area (Å²) in [5, 5.41) is 0. The summed E-state index contributed by atoms with van der Waals surface area (Å²) in [6, 6.07) is 0.349. The number of nitrogens with zero attached hydrogens (tertiary/aromatic N) is 1. The van der Waals surface area contributed by atoms with E-state index in [9.17, 15) is 8.42 Å². The van der Waals surface area contributed by atoms with Crippen LogP contribution in [0.1, 0.15) is 13.3 Å². The number of hydrogen-bond donors (Lipinski definition) is 1. The molecule has 0 aromatic rings. The summed E-state index contributed by atoms with van der Waals surface area (Å²) in [5.41, 5.74) is 5.56. The van der Waals surface area contributed by atoms with Crippen molar-refractivity contribution >= 4 is 9.84 Å². The van der Waals surface area contributed by atoms with Gasteiger partial charge in [-0.15, -0.1) is 0 Å². The molecule has 0 bridgehead atoms. The monoisotopic (exact) mass is 250 g/mol. The zero-order valence-electron chi connectivity index (χ0n) is 10.1. The number of nitrogens with two attached hydrogens (primary N) is 1. The second-order valence-electron chi connectivity index (χ2n) is 4.52. The lowest BCUT2D eigenvalue weighted by Crippen LogP contribution is -2.50. The summed E-state index contributed by atoms with van der Waals surface area (Å²) in [6.45, 7) is 4.90. The van der Waals surface area contributed by atoms with Crippen LogP contribution in [0.15, 0.2) is 0 Å². The Morgan fingerprint density at radius 2 is 2.19 bits per heavy atom. The molecule has 0 aromatic heterocycles. The van der Waals surface area contributed by atoms with E-state index in [0.29, 0.717) is 25.6 Å². The first-order chi connectivity index (χ1) is 7.42. The van der Waals surface area contributed by atoms with Gasteiger partial charge in [-0.3, -0.25) is 4.90 Å². The molecule has 1 rings (SSSR count). The molecule has 16 heavy (non-hydrogen) atoms. The van der Waals surface area contributed by atoms with Gasteiger partial charge in [-0.25, -0.2) is 8.42 Å². The van der Waals surface area contributed by atoms with Crippen LogP contribution < -0.4 is 5.73 Å². The molecule has 6 heteroatoms. The first kappa shape index (κ1) is 13.9. The zero-order chi connectivity index (χ0) is 12.2. The molecule has 0 aliphatic carbocycles. The molecule has 1 fully saturated rings. The third kappa shape index (κ3) is 4.78. The van der Waals surface area contributed by atoms with Gasteiger partial charge in [-0.05, 0) is 19.9 Å². The zero-order valence-corrected chi connectivity index (χ0v) is 10.9. The third-order valence-electron chi connectivity index (χ3n) is 2.86. The van der Waals surface area contributed by atoms with Crippen LogP contribution in [-0.4, -0.2) is 63.7 Å². The number of rotatable bonds is 5. The maximum absolute atomic E-state index is 11.0. The fourth-order valence-corrected chi connectivity index (χ4v) is 2.51. The molecule has 0 radical (unpaired) electrons. The summed E-state index contributed by atoms with van der Waals surface area (Å²) in [5.74, 6) is 0.254. The van der Waals surface area contributed by atoms with E-state index in [-0.39, 0.29) is 11.9 Å². The molecular weight excluding hydrogens is 228 g/mol. The second-order valence-corrected chi connectivity index (χ2v) is 6.78. The Labute approximate surface area is 97.9 Å². The fraction of sp³-hybridized carbons (Fsp3) is 1.00. The van der Waals surface area contributed by atoms with Crippen LogP contribution in [0.2, 0.25) is 0 Å². The first-order valence-corrected chi connectivity index (χ1v) is 7.72. The molecule has 1 saturated heterocycles. The van der Waals surface area contributed by atoms with Crippen LogP contribution in [0.4, 0.5) is 0 Å². The number of sulfone groups is 1. The Kier molecular flexibility index (Phi) is 5.17. The van der Waals surface area contributed by atoms with E-state index in [4.69, 9.17) is 10.5 Å². The smallest absolute Gasteiger partial charge is 0.147 e. The van der Waals surface area contributed by atoms with Gasteiger partial charge in [0.05, 0.1) is 18.5 Å². The van der Waals surface area contributed by atoms with Gasteiger partial charge in [0.25, 0.3) is 0 Å². The highest BCUT2D eigenvalue weighted by molar-refractivity contribution is 7.90. The van der Waals surface area contributed by atoms with E-state index < -0.39 is 9.84 Å². The molecule has 1 aliphatic rings. The number of morpholine rings is 1. The van der Waals surface area contributed by atoms with Crippen LogP contribution in [0, 0.1) is 0 Å². The summed E-state index contributed by atoms with van der Waals surface area (Å²) in [7, 11) is -2.84. The fourth-order valence-electron chi connectivity index (χ4n) is 1.86. The molecule has 1 aliphatic heterocycles. The second kappa shape index (κ2) is 5.95. The molecule has 2 atom stereocenters. The van der Waals surface area contributed by atoms with Crippen molar-refractivity contribution in [3.63, 3.8) is 0 Å². The Morgan fingerprint density at radius 1 is 1.50 bits per heavy atom. The minimum atomic E-state index is -2.84. The first-order valence-electron chi connectivity index (χ1n) is 5.66. The van der Waals surface area contributed by atoms with Crippen molar-refractivity contribution in [2.24, 2.45) is 5.73 Å². The van der Waals surface area contributed by atoms with Crippen molar-refractivity contribution in [2.75, 3.05) is 38.2 Å². The quantitative estimate of drug-likeness (QED) is 0.710. The van der Waals surface area contributed by atoms with Gasteiger partial charge in [0.2, 0.25) is 0 Å². The van der Waals surface area contributed by atoms with Crippen molar-refractivity contribution in [3.05, 3.63) is 0 Å². The van der Waals surface area contributed by atoms with Crippen LogP contribution in [0.25, 0.3) is 0 Å². The van der Waals surface area contributed by atoms with Gasteiger partial charge >= 0.3 is 0 Å². The normalized spacial score (nSPS) is 28.2. The molecule has 1 heterocycles. The highest BCUT2D eigenvalue weighted by Crippen LogP contribution is 2.11. The Hall–Kier alpha value is -0.170. The molecular formula is C10H22N2O3S. The molecule has 5 nitrogen and oxygen atoms in total. The van der Waals surface area contributed by atoms with Gasteiger partial charge in [0.15, 0.2) is 0 Å². The van der Waals surface area contributed by atoms with Gasteiger partial charge in [-0.1, -0.05) is 0 Å². The highest BCUT2D eigenvalue weighted by Gasteiger charge is 2.24. The van der Waals surface area contributed by atoms with Gasteiger partial charge in [0, 0.05) is 25.4 Å².